The summed E-state index contributed by atoms with van der Waals surface area (Å²) in [6.45, 7) is 1.89. The third-order valence-corrected chi connectivity index (χ3v) is 3.75. The lowest BCUT2D eigenvalue weighted by molar-refractivity contribution is 0.475. The Hall–Kier alpha value is -2.73. The molecule has 2 aromatic heterocycles. The van der Waals surface area contributed by atoms with E-state index in [1.165, 1.54) is 11.3 Å². The molecule has 3 rings (SSSR count). The van der Waals surface area contributed by atoms with Gasteiger partial charge in [-0.2, -0.15) is 5.10 Å². The summed E-state index contributed by atoms with van der Waals surface area (Å²) in [6.07, 6.45) is 1.73. The van der Waals surface area contributed by atoms with Crippen LogP contribution in [-0.4, -0.2) is 20.8 Å². The summed E-state index contributed by atoms with van der Waals surface area (Å²) in [7, 11) is 0. The lowest BCUT2D eigenvalue weighted by Crippen LogP contribution is -2.01. The number of hydrazone groups is 1. The van der Waals surface area contributed by atoms with E-state index in [9.17, 15) is 5.11 Å². The van der Waals surface area contributed by atoms with Gasteiger partial charge in [-0.25, -0.2) is 4.98 Å². The molecule has 0 spiro atoms. The summed E-state index contributed by atoms with van der Waals surface area (Å²) in [4.78, 5) is 8.69. The highest BCUT2D eigenvalue weighted by Crippen LogP contribution is 2.27. The SMILES string of the molecule is C/C(=N\Nc1nc(-c2cccc(O)c2)cs1)c1ccccn1. The number of thiazole rings is 1. The smallest absolute Gasteiger partial charge is 0.203 e. The highest BCUT2D eigenvalue weighted by Gasteiger charge is 2.05. The Morgan fingerprint density at radius 3 is 2.91 bits per heavy atom. The van der Waals surface area contributed by atoms with Gasteiger partial charge in [0.05, 0.1) is 17.1 Å². The number of pyridine rings is 1. The largest absolute Gasteiger partial charge is 0.508 e. The number of anilines is 1. The Balaban J connectivity index is 1.75. The van der Waals surface area contributed by atoms with Gasteiger partial charge in [-0.05, 0) is 31.2 Å². The molecule has 0 fully saturated rings. The quantitative estimate of drug-likeness (QED) is 0.569. The van der Waals surface area contributed by atoms with E-state index < -0.39 is 0 Å². The van der Waals surface area contributed by atoms with E-state index in [0.29, 0.717) is 5.13 Å². The molecule has 5 nitrogen and oxygen atoms in total. The van der Waals surface area contributed by atoms with E-state index in [1.54, 1.807) is 24.4 Å². The van der Waals surface area contributed by atoms with Crippen LogP contribution < -0.4 is 5.43 Å². The van der Waals surface area contributed by atoms with Gasteiger partial charge < -0.3 is 5.11 Å². The average Bonchev–Trinajstić information content (AvgIpc) is 3.02. The van der Waals surface area contributed by atoms with Gasteiger partial charge in [-0.3, -0.25) is 10.4 Å². The van der Waals surface area contributed by atoms with Crippen molar-refractivity contribution in [3.8, 4) is 17.0 Å². The van der Waals surface area contributed by atoms with Gasteiger partial charge in [-0.1, -0.05) is 18.2 Å². The second-order valence-electron chi connectivity index (χ2n) is 4.61. The number of phenols is 1. The molecule has 0 radical (unpaired) electrons. The highest BCUT2D eigenvalue weighted by molar-refractivity contribution is 7.14. The van der Waals surface area contributed by atoms with E-state index in [0.717, 1.165) is 22.7 Å². The molecule has 3 aromatic rings. The molecule has 110 valence electrons. The number of aromatic hydroxyl groups is 1. The first-order chi connectivity index (χ1) is 10.7. The Morgan fingerprint density at radius 1 is 1.23 bits per heavy atom. The van der Waals surface area contributed by atoms with Crippen molar-refractivity contribution in [3.63, 3.8) is 0 Å². The van der Waals surface area contributed by atoms with E-state index in [4.69, 9.17) is 0 Å². The predicted molar refractivity (Wildman–Crippen MR) is 89.3 cm³/mol. The van der Waals surface area contributed by atoms with Gasteiger partial charge in [-0.15, -0.1) is 11.3 Å². The maximum absolute atomic E-state index is 9.51. The fourth-order valence-corrected chi connectivity index (χ4v) is 2.55. The molecule has 2 N–H and O–H groups in total. The van der Waals surface area contributed by atoms with Crippen molar-refractivity contribution in [3.05, 3.63) is 59.7 Å². The van der Waals surface area contributed by atoms with E-state index in [1.807, 2.05) is 36.6 Å². The standard InChI is InChI=1S/C16H14N4OS/c1-11(14-7-2-3-8-17-14)19-20-16-18-15(10-22-16)12-5-4-6-13(21)9-12/h2-10,21H,1H3,(H,18,20)/b19-11+. The molecule has 0 unspecified atom stereocenters. The molecule has 0 saturated heterocycles. The minimum Gasteiger partial charge on any atom is -0.508 e. The maximum Gasteiger partial charge on any atom is 0.203 e. The van der Waals surface area contributed by atoms with Crippen LogP contribution in [0.4, 0.5) is 5.13 Å². The molecular formula is C16H14N4OS. The second-order valence-corrected chi connectivity index (χ2v) is 5.47. The Morgan fingerprint density at radius 2 is 2.14 bits per heavy atom. The number of hydrogen-bond acceptors (Lipinski definition) is 6. The number of phenolic OH excluding ortho intramolecular Hbond substituents is 1. The van der Waals surface area contributed by atoms with Crippen molar-refractivity contribution in [2.45, 2.75) is 6.92 Å². The van der Waals surface area contributed by atoms with Gasteiger partial charge in [0.25, 0.3) is 0 Å². The number of nitrogens with zero attached hydrogens (tertiary/aromatic N) is 3. The molecule has 0 atom stereocenters. The maximum atomic E-state index is 9.51. The van der Waals surface area contributed by atoms with Gasteiger partial charge in [0.2, 0.25) is 5.13 Å². The van der Waals surface area contributed by atoms with E-state index in [-0.39, 0.29) is 5.75 Å². The monoisotopic (exact) mass is 310 g/mol. The molecule has 22 heavy (non-hydrogen) atoms. The number of rotatable bonds is 4. The molecule has 0 saturated carbocycles. The normalized spacial score (nSPS) is 11.4. The van der Waals surface area contributed by atoms with Gasteiger partial charge in [0.15, 0.2) is 0 Å². The van der Waals surface area contributed by atoms with Crippen molar-refractivity contribution >= 4 is 22.2 Å². The van der Waals surface area contributed by atoms with Gasteiger partial charge in [0.1, 0.15) is 5.75 Å². The predicted octanol–water partition coefficient (Wildman–Crippen LogP) is 3.75. The number of nitrogens with one attached hydrogen (secondary N) is 1. The molecule has 0 aliphatic heterocycles. The van der Waals surface area contributed by atoms with Crippen LogP contribution in [0.15, 0.2) is 59.1 Å². The number of hydrogen-bond donors (Lipinski definition) is 2. The van der Waals surface area contributed by atoms with Crippen LogP contribution in [0.25, 0.3) is 11.3 Å². The zero-order valence-electron chi connectivity index (χ0n) is 11.9. The third kappa shape index (κ3) is 3.29. The number of aromatic nitrogens is 2. The summed E-state index contributed by atoms with van der Waals surface area (Å²) in [5.41, 5.74) is 6.22. The third-order valence-electron chi connectivity index (χ3n) is 3.00. The van der Waals surface area contributed by atoms with Crippen molar-refractivity contribution in [1.29, 1.82) is 0 Å². The van der Waals surface area contributed by atoms with Crippen LogP contribution in [0, 0.1) is 0 Å². The first-order valence-electron chi connectivity index (χ1n) is 6.69. The highest BCUT2D eigenvalue weighted by atomic mass is 32.1. The van der Waals surface area contributed by atoms with Crippen molar-refractivity contribution < 1.29 is 5.11 Å². The zero-order chi connectivity index (χ0) is 15.4. The molecule has 0 amide bonds. The average molecular weight is 310 g/mol. The second kappa shape index (κ2) is 6.36. The van der Waals surface area contributed by atoms with E-state index in [2.05, 4.69) is 20.5 Å². The molecule has 1 aromatic carbocycles. The Labute approximate surface area is 132 Å². The zero-order valence-corrected chi connectivity index (χ0v) is 12.7. The summed E-state index contributed by atoms with van der Waals surface area (Å²) in [5.74, 6) is 0.226. The van der Waals surface area contributed by atoms with Gasteiger partial charge in [0, 0.05) is 17.1 Å². The molecule has 6 heteroatoms. The van der Waals surface area contributed by atoms with Crippen LogP contribution in [0.5, 0.6) is 5.75 Å². The molecular weight excluding hydrogens is 296 g/mol. The molecule has 0 bridgehead atoms. The van der Waals surface area contributed by atoms with Crippen LogP contribution in [-0.2, 0) is 0 Å². The molecule has 2 heterocycles. The summed E-state index contributed by atoms with van der Waals surface area (Å²) in [6, 6.07) is 12.7. The van der Waals surface area contributed by atoms with Crippen LogP contribution >= 0.6 is 11.3 Å². The number of benzene rings is 1. The molecule has 0 aliphatic carbocycles. The van der Waals surface area contributed by atoms with Crippen LogP contribution in [0.3, 0.4) is 0 Å². The van der Waals surface area contributed by atoms with Crippen LogP contribution in [0.1, 0.15) is 12.6 Å². The summed E-state index contributed by atoms with van der Waals surface area (Å²) < 4.78 is 0. The lowest BCUT2D eigenvalue weighted by Gasteiger charge is -2.00. The van der Waals surface area contributed by atoms with Crippen molar-refractivity contribution in [1.82, 2.24) is 9.97 Å². The summed E-state index contributed by atoms with van der Waals surface area (Å²) >= 11 is 1.46. The van der Waals surface area contributed by atoms with Crippen LogP contribution in [0.2, 0.25) is 0 Å². The van der Waals surface area contributed by atoms with Crippen molar-refractivity contribution in [2.75, 3.05) is 5.43 Å². The topological polar surface area (TPSA) is 70.4 Å². The molecule has 0 aliphatic rings. The fourth-order valence-electron chi connectivity index (χ4n) is 1.89. The Kier molecular flexibility index (Phi) is 4.11. The van der Waals surface area contributed by atoms with Crippen molar-refractivity contribution in [2.24, 2.45) is 5.10 Å². The lowest BCUT2D eigenvalue weighted by atomic mass is 10.2. The van der Waals surface area contributed by atoms with Gasteiger partial charge >= 0.3 is 0 Å². The first-order valence-corrected chi connectivity index (χ1v) is 7.57. The minimum atomic E-state index is 0.226. The minimum absolute atomic E-state index is 0.226. The summed E-state index contributed by atoms with van der Waals surface area (Å²) in [5, 5.41) is 16.4. The Bertz CT molecular complexity index is 799. The fraction of sp³-hybridized carbons (Fsp3) is 0.0625. The first kappa shape index (κ1) is 14.2. The van der Waals surface area contributed by atoms with E-state index >= 15 is 0 Å².